The maximum atomic E-state index is 13.4. The third-order valence-electron chi connectivity index (χ3n) is 8.73. The van der Waals surface area contributed by atoms with Crippen molar-refractivity contribution in [2.24, 2.45) is 5.41 Å². The van der Waals surface area contributed by atoms with Gasteiger partial charge in [0.25, 0.3) is 0 Å². The molecule has 3 heterocycles. The van der Waals surface area contributed by atoms with Gasteiger partial charge < -0.3 is 19.5 Å². The van der Waals surface area contributed by atoms with Gasteiger partial charge in [-0.2, -0.15) is 0 Å². The van der Waals surface area contributed by atoms with Gasteiger partial charge in [-0.15, -0.1) is 0 Å². The van der Waals surface area contributed by atoms with Gasteiger partial charge in [-0.25, -0.2) is 9.18 Å². The van der Waals surface area contributed by atoms with Crippen LogP contribution in [0, 0.1) is 25.1 Å². The summed E-state index contributed by atoms with van der Waals surface area (Å²) in [7, 11) is 0. The van der Waals surface area contributed by atoms with Gasteiger partial charge >= 0.3 is 5.97 Å². The first kappa shape index (κ1) is 31.0. The van der Waals surface area contributed by atoms with Crippen molar-refractivity contribution in [3.05, 3.63) is 76.4 Å². The molecule has 2 aliphatic rings. The molecule has 1 fully saturated rings. The number of fused-ring (bicyclic) bond motifs is 1. The van der Waals surface area contributed by atoms with Crippen LogP contribution in [-0.2, 0) is 22.4 Å². The highest BCUT2D eigenvalue weighted by Crippen LogP contribution is 2.46. The molecular weight excluding hydrogens is 543 g/mol. The lowest BCUT2D eigenvalue weighted by Gasteiger charge is -2.41. The first-order valence-corrected chi connectivity index (χ1v) is 15.4. The Morgan fingerprint density at radius 1 is 1.12 bits per heavy atom. The summed E-state index contributed by atoms with van der Waals surface area (Å²) in [4.78, 5) is 20.0. The van der Waals surface area contributed by atoms with Crippen LogP contribution in [-0.4, -0.2) is 40.9 Å². The zero-order chi connectivity index (χ0) is 31.1. The van der Waals surface area contributed by atoms with Crippen LogP contribution in [0.3, 0.4) is 0 Å². The summed E-state index contributed by atoms with van der Waals surface area (Å²) in [5.74, 6) is -0.387. The molecule has 0 aliphatic carbocycles. The number of carboxylic acids is 1. The van der Waals surface area contributed by atoms with Gasteiger partial charge in [-0.3, -0.25) is 4.98 Å². The van der Waals surface area contributed by atoms with Crippen LogP contribution in [0.5, 0.6) is 5.75 Å². The molecule has 1 N–H and O–H groups in total. The van der Waals surface area contributed by atoms with Crippen LogP contribution in [0.1, 0.15) is 88.1 Å². The molecule has 0 radical (unpaired) electrons. The fourth-order valence-corrected chi connectivity index (χ4v) is 6.38. The average molecular weight is 589 g/mol. The van der Waals surface area contributed by atoms with Gasteiger partial charge in [0.15, 0.2) is 6.10 Å². The van der Waals surface area contributed by atoms with E-state index in [0.29, 0.717) is 11.3 Å². The van der Waals surface area contributed by atoms with Crippen molar-refractivity contribution >= 4 is 11.7 Å². The first-order chi connectivity index (χ1) is 20.2. The van der Waals surface area contributed by atoms with Crippen LogP contribution in [0.25, 0.3) is 11.1 Å². The van der Waals surface area contributed by atoms with E-state index in [2.05, 4.69) is 30.9 Å². The zero-order valence-corrected chi connectivity index (χ0v) is 26.6. The minimum Gasteiger partial charge on any atom is -0.490 e. The number of aromatic nitrogens is 1. The molecule has 43 heavy (non-hydrogen) atoms. The number of carbonyl (C=O) groups is 1. The standard InChI is InChI=1S/C36H45FN2O4/c1-22-30(26-11-15-29-25(21-26)10-14-28(42-29)20-24-8-12-27(37)13-9-24)32(39-18-16-36(6,7)17-19-39)31(23(2)38-22)33(34(40)41)43-35(3,4)5/h8-9,11-13,15,21,28,33H,10,14,16-20H2,1-7H3,(H,40,41)/t28-,33?/m1/s1. The van der Waals surface area contributed by atoms with Crippen LogP contribution >= 0.6 is 0 Å². The molecule has 7 heteroatoms. The van der Waals surface area contributed by atoms with Crippen LogP contribution < -0.4 is 9.64 Å². The largest absolute Gasteiger partial charge is 0.490 e. The van der Waals surface area contributed by atoms with Crippen molar-refractivity contribution in [1.82, 2.24) is 4.98 Å². The number of halogens is 1. The Morgan fingerprint density at radius 2 is 1.79 bits per heavy atom. The summed E-state index contributed by atoms with van der Waals surface area (Å²) < 4.78 is 26.0. The van der Waals surface area contributed by atoms with E-state index in [1.54, 1.807) is 0 Å². The summed E-state index contributed by atoms with van der Waals surface area (Å²) in [6.07, 6.45) is 3.35. The maximum Gasteiger partial charge on any atom is 0.337 e. The number of nitrogens with zero attached hydrogens (tertiary/aromatic N) is 2. The molecule has 2 atom stereocenters. The molecule has 0 spiro atoms. The molecule has 0 saturated carbocycles. The third kappa shape index (κ3) is 7.04. The minimum absolute atomic E-state index is 0.0244. The molecule has 2 aliphatic heterocycles. The highest BCUT2D eigenvalue weighted by atomic mass is 19.1. The van der Waals surface area contributed by atoms with Crippen molar-refractivity contribution in [2.75, 3.05) is 18.0 Å². The number of hydrogen-bond acceptors (Lipinski definition) is 5. The second-order valence-electron chi connectivity index (χ2n) is 14.0. The fraction of sp³-hybridized carbons (Fsp3) is 0.500. The molecule has 6 nitrogen and oxygen atoms in total. The van der Waals surface area contributed by atoms with E-state index in [-0.39, 0.29) is 17.3 Å². The SMILES string of the molecule is Cc1nc(C)c(C(OC(C)(C)C)C(=O)O)c(N2CCC(C)(C)CC2)c1-c1ccc2c(c1)CC[C@H](Cc1ccc(F)cc1)O2. The van der Waals surface area contributed by atoms with Gasteiger partial charge in [-0.05, 0) is 107 Å². The van der Waals surface area contributed by atoms with Gasteiger partial charge in [0.05, 0.1) is 11.3 Å². The number of pyridine rings is 1. The molecule has 0 amide bonds. The Kier molecular flexibility index (Phi) is 8.59. The maximum absolute atomic E-state index is 13.4. The van der Waals surface area contributed by atoms with E-state index in [1.165, 1.54) is 12.1 Å². The van der Waals surface area contributed by atoms with Gasteiger partial charge in [0.2, 0.25) is 0 Å². The summed E-state index contributed by atoms with van der Waals surface area (Å²) in [5.41, 5.74) is 6.82. The van der Waals surface area contributed by atoms with Crippen LogP contribution in [0.2, 0.25) is 0 Å². The molecule has 3 aromatic rings. The number of benzene rings is 2. The van der Waals surface area contributed by atoms with Gasteiger partial charge in [-0.1, -0.05) is 32.0 Å². The van der Waals surface area contributed by atoms with E-state index in [4.69, 9.17) is 14.5 Å². The number of piperidine rings is 1. The second-order valence-corrected chi connectivity index (χ2v) is 14.0. The number of aryl methyl sites for hydroxylation is 3. The molecule has 2 aromatic carbocycles. The Balaban J connectivity index is 1.56. The topological polar surface area (TPSA) is 71.9 Å². The van der Waals surface area contributed by atoms with Crippen molar-refractivity contribution < 1.29 is 23.8 Å². The molecule has 5 rings (SSSR count). The number of rotatable bonds is 7. The van der Waals surface area contributed by atoms with Crippen molar-refractivity contribution in [3.63, 3.8) is 0 Å². The Labute approximate surface area is 255 Å². The van der Waals surface area contributed by atoms with Crippen LogP contribution in [0.15, 0.2) is 42.5 Å². The quantitative estimate of drug-likeness (QED) is 0.302. The first-order valence-electron chi connectivity index (χ1n) is 15.4. The van der Waals surface area contributed by atoms with E-state index in [0.717, 1.165) is 84.6 Å². The van der Waals surface area contributed by atoms with E-state index in [1.807, 2.05) is 52.8 Å². The van der Waals surface area contributed by atoms with E-state index < -0.39 is 17.7 Å². The Bertz CT molecular complexity index is 1480. The summed E-state index contributed by atoms with van der Waals surface area (Å²) in [6, 6.07) is 12.9. The normalized spacial score (nSPS) is 19.0. The lowest BCUT2D eigenvalue weighted by Crippen LogP contribution is -2.39. The van der Waals surface area contributed by atoms with Crippen molar-refractivity contribution in [2.45, 2.75) is 98.4 Å². The molecule has 1 saturated heterocycles. The summed E-state index contributed by atoms with van der Waals surface area (Å²) >= 11 is 0. The monoisotopic (exact) mass is 588 g/mol. The highest BCUT2D eigenvalue weighted by Gasteiger charge is 2.36. The number of anilines is 1. The lowest BCUT2D eigenvalue weighted by molar-refractivity contribution is -0.160. The summed E-state index contributed by atoms with van der Waals surface area (Å²) in [5, 5.41) is 10.4. The summed E-state index contributed by atoms with van der Waals surface area (Å²) in [6.45, 7) is 15.8. The highest BCUT2D eigenvalue weighted by molar-refractivity contribution is 5.88. The molecular formula is C36H45FN2O4. The van der Waals surface area contributed by atoms with E-state index in [9.17, 15) is 14.3 Å². The van der Waals surface area contributed by atoms with Crippen LogP contribution in [0.4, 0.5) is 10.1 Å². The molecule has 0 bridgehead atoms. The number of ether oxygens (including phenoxy) is 2. The smallest absolute Gasteiger partial charge is 0.337 e. The lowest BCUT2D eigenvalue weighted by atomic mass is 9.81. The molecule has 1 aromatic heterocycles. The van der Waals surface area contributed by atoms with E-state index >= 15 is 0 Å². The van der Waals surface area contributed by atoms with Gasteiger partial charge in [0, 0.05) is 42.0 Å². The molecule has 230 valence electrons. The predicted molar refractivity (Wildman–Crippen MR) is 168 cm³/mol. The van der Waals surface area contributed by atoms with Crippen molar-refractivity contribution in [3.8, 4) is 16.9 Å². The number of hydrogen-bond donors (Lipinski definition) is 1. The second kappa shape index (κ2) is 11.9. The zero-order valence-electron chi connectivity index (χ0n) is 26.6. The predicted octanol–water partition coefficient (Wildman–Crippen LogP) is 8.01. The fourth-order valence-electron chi connectivity index (χ4n) is 6.38. The number of aliphatic carboxylic acids is 1. The molecule has 1 unspecified atom stereocenters. The van der Waals surface area contributed by atoms with Crippen molar-refractivity contribution in [1.29, 1.82) is 0 Å². The third-order valence-corrected chi connectivity index (χ3v) is 8.73. The van der Waals surface area contributed by atoms with Gasteiger partial charge in [0.1, 0.15) is 17.7 Å². The Morgan fingerprint density at radius 3 is 2.42 bits per heavy atom. The Hall–Kier alpha value is -3.45. The number of carboxylic acid groups (broad SMARTS) is 1. The minimum atomic E-state index is -1.15. The average Bonchev–Trinajstić information content (AvgIpc) is 2.92.